The zero-order valence-electron chi connectivity index (χ0n) is 13.6. The monoisotopic (exact) mass is 362 g/mol. The molecule has 0 saturated heterocycles. The predicted molar refractivity (Wildman–Crippen MR) is 95.6 cm³/mol. The van der Waals surface area contributed by atoms with Gasteiger partial charge in [0.05, 0.1) is 4.90 Å². The van der Waals surface area contributed by atoms with E-state index in [1.54, 1.807) is 12.1 Å². The molecule has 0 aliphatic carbocycles. The summed E-state index contributed by atoms with van der Waals surface area (Å²) in [6.45, 7) is 2.08. The Labute approximate surface area is 145 Å². The Balaban J connectivity index is 1.89. The lowest BCUT2D eigenvalue weighted by Gasteiger charge is -2.10. The summed E-state index contributed by atoms with van der Waals surface area (Å²) < 4.78 is 31.3. The molecule has 3 aromatic rings. The first-order valence-corrected chi connectivity index (χ1v) is 9.74. The lowest BCUT2D eigenvalue weighted by Crippen LogP contribution is -2.22. The Kier molecular flexibility index (Phi) is 4.67. The van der Waals surface area contributed by atoms with Crippen LogP contribution < -0.4 is 0 Å². The maximum absolute atomic E-state index is 12.2. The standard InChI is InChI=1S/C17H18N2O3S2/c1-12(13-7-5-4-6-8-13)23-17-18-15-11-14(9-10-16(15)22-17)24(20,21)19(2)3/h4-12H,1-3H3/t12-/m0/s1. The van der Waals surface area contributed by atoms with Gasteiger partial charge in [0.1, 0.15) is 5.52 Å². The molecule has 3 rings (SSSR count). The minimum atomic E-state index is -3.48. The first-order chi connectivity index (χ1) is 11.4. The average Bonchev–Trinajstić information content (AvgIpc) is 2.96. The Morgan fingerprint density at radius 2 is 1.83 bits per heavy atom. The summed E-state index contributed by atoms with van der Waals surface area (Å²) in [7, 11) is -0.470. The second kappa shape index (κ2) is 6.58. The second-order valence-corrected chi connectivity index (χ2v) is 9.01. The molecule has 0 fully saturated rings. The molecule has 0 aliphatic rings. The van der Waals surface area contributed by atoms with Gasteiger partial charge in [-0.2, -0.15) is 0 Å². The highest BCUT2D eigenvalue weighted by Crippen LogP contribution is 2.36. The molecule has 0 radical (unpaired) electrons. The highest BCUT2D eigenvalue weighted by Gasteiger charge is 2.19. The van der Waals surface area contributed by atoms with Gasteiger partial charge >= 0.3 is 0 Å². The van der Waals surface area contributed by atoms with Crippen molar-refractivity contribution in [3.8, 4) is 0 Å². The van der Waals surface area contributed by atoms with Gasteiger partial charge in [-0.25, -0.2) is 17.7 Å². The smallest absolute Gasteiger partial charge is 0.257 e. The molecule has 1 atom stereocenters. The first-order valence-electron chi connectivity index (χ1n) is 7.42. The number of thioether (sulfide) groups is 1. The number of fused-ring (bicyclic) bond motifs is 1. The van der Waals surface area contributed by atoms with Crippen LogP contribution in [0.3, 0.4) is 0 Å². The summed E-state index contributed by atoms with van der Waals surface area (Å²) in [4.78, 5) is 4.63. The SMILES string of the molecule is C[C@H](Sc1nc2cc(S(=O)(=O)N(C)C)ccc2o1)c1ccccc1. The lowest BCUT2D eigenvalue weighted by molar-refractivity contribution is 0.488. The van der Waals surface area contributed by atoms with Gasteiger partial charge in [-0.15, -0.1) is 0 Å². The van der Waals surface area contributed by atoms with Crippen LogP contribution in [-0.4, -0.2) is 31.8 Å². The third-order valence-electron chi connectivity index (χ3n) is 3.66. The number of aromatic nitrogens is 1. The predicted octanol–water partition coefficient (Wildman–Crippen LogP) is 3.93. The van der Waals surface area contributed by atoms with Gasteiger partial charge in [-0.3, -0.25) is 0 Å². The van der Waals surface area contributed by atoms with Crippen LogP contribution in [0.15, 0.2) is 63.1 Å². The quantitative estimate of drug-likeness (QED) is 0.644. The highest BCUT2D eigenvalue weighted by atomic mass is 32.2. The number of sulfonamides is 1. The minimum Gasteiger partial charge on any atom is -0.431 e. The molecule has 1 aromatic heterocycles. The number of benzene rings is 2. The van der Waals surface area contributed by atoms with E-state index in [4.69, 9.17) is 4.42 Å². The van der Waals surface area contributed by atoms with Crippen LogP contribution in [0, 0.1) is 0 Å². The molecule has 1 heterocycles. The van der Waals surface area contributed by atoms with Crippen molar-refractivity contribution >= 4 is 32.9 Å². The largest absolute Gasteiger partial charge is 0.431 e. The number of oxazole rings is 1. The highest BCUT2D eigenvalue weighted by molar-refractivity contribution is 7.99. The molecule has 24 heavy (non-hydrogen) atoms. The van der Waals surface area contributed by atoms with Crippen molar-refractivity contribution < 1.29 is 12.8 Å². The lowest BCUT2D eigenvalue weighted by atomic mass is 10.2. The fourth-order valence-electron chi connectivity index (χ4n) is 2.25. The molecule has 5 nitrogen and oxygen atoms in total. The topological polar surface area (TPSA) is 63.4 Å². The number of rotatable bonds is 5. The van der Waals surface area contributed by atoms with E-state index in [1.807, 2.05) is 18.2 Å². The van der Waals surface area contributed by atoms with Crippen LogP contribution in [0.1, 0.15) is 17.7 Å². The zero-order chi connectivity index (χ0) is 17.3. The van der Waals surface area contributed by atoms with E-state index < -0.39 is 10.0 Å². The minimum absolute atomic E-state index is 0.184. The van der Waals surface area contributed by atoms with E-state index in [0.717, 1.165) is 0 Å². The summed E-state index contributed by atoms with van der Waals surface area (Å²) >= 11 is 1.50. The molecule has 0 aliphatic heterocycles. The molecule has 7 heteroatoms. The molecular weight excluding hydrogens is 344 g/mol. The molecule has 126 valence electrons. The van der Waals surface area contributed by atoms with Crippen molar-refractivity contribution in [1.82, 2.24) is 9.29 Å². The normalized spacial score (nSPS) is 13.5. The summed E-state index contributed by atoms with van der Waals surface area (Å²) in [6, 6.07) is 14.8. The first kappa shape index (κ1) is 17.0. The van der Waals surface area contributed by atoms with Crippen molar-refractivity contribution in [2.75, 3.05) is 14.1 Å². The van der Waals surface area contributed by atoms with Crippen LogP contribution in [0.5, 0.6) is 0 Å². The summed E-state index contributed by atoms with van der Waals surface area (Å²) in [6.07, 6.45) is 0. The van der Waals surface area contributed by atoms with E-state index in [9.17, 15) is 8.42 Å². The molecule has 0 unspecified atom stereocenters. The number of hydrogen-bond acceptors (Lipinski definition) is 5. The summed E-state index contributed by atoms with van der Waals surface area (Å²) in [5.74, 6) is 0. The van der Waals surface area contributed by atoms with Crippen LogP contribution in [0.2, 0.25) is 0 Å². The maximum atomic E-state index is 12.2. The Hall–Kier alpha value is -1.83. The van der Waals surface area contributed by atoms with Crippen molar-refractivity contribution in [3.05, 3.63) is 54.1 Å². The molecule has 0 bridgehead atoms. The van der Waals surface area contributed by atoms with Crippen LogP contribution >= 0.6 is 11.8 Å². The molecular formula is C17H18N2O3S2. The molecule has 0 spiro atoms. The fourth-order valence-corrected chi connectivity index (χ4v) is 4.06. The summed E-state index contributed by atoms with van der Waals surface area (Å²) in [5.41, 5.74) is 2.30. The molecule has 0 saturated carbocycles. The van der Waals surface area contributed by atoms with Crippen molar-refractivity contribution in [2.45, 2.75) is 22.3 Å². The second-order valence-electron chi connectivity index (χ2n) is 5.57. The van der Waals surface area contributed by atoms with E-state index in [0.29, 0.717) is 16.3 Å². The van der Waals surface area contributed by atoms with Gasteiger partial charge < -0.3 is 4.42 Å². The van der Waals surface area contributed by atoms with Crippen LogP contribution in [0.25, 0.3) is 11.1 Å². The van der Waals surface area contributed by atoms with Crippen molar-refractivity contribution in [1.29, 1.82) is 0 Å². The Bertz CT molecular complexity index is 950. The average molecular weight is 362 g/mol. The fraction of sp³-hybridized carbons (Fsp3) is 0.235. The maximum Gasteiger partial charge on any atom is 0.257 e. The molecule has 0 amide bonds. The van der Waals surface area contributed by atoms with E-state index >= 15 is 0 Å². The third kappa shape index (κ3) is 3.33. The van der Waals surface area contributed by atoms with Gasteiger partial charge in [0.15, 0.2) is 5.58 Å². The van der Waals surface area contributed by atoms with Gasteiger partial charge in [0.2, 0.25) is 10.0 Å². The Morgan fingerprint density at radius 3 is 2.50 bits per heavy atom. The molecule has 2 aromatic carbocycles. The summed E-state index contributed by atoms with van der Waals surface area (Å²) in [5, 5.41) is 0.713. The zero-order valence-corrected chi connectivity index (χ0v) is 15.3. The van der Waals surface area contributed by atoms with Gasteiger partial charge in [-0.05, 0) is 30.7 Å². The Morgan fingerprint density at radius 1 is 1.12 bits per heavy atom. The van der Waals surface area contributed by atoms with Crippen LogP contribution in [-0.2, 0) is 10.0 Å². The number of hydrogen-bond donors (Lipinski definition) is 0. The van der Waals surface area contributed by atoms with Crippen LogP contribution in [0.4, 0.5) is 0 Å². The van der Waals surface area contributed by atoms with Crippen molar-refractivity contribution in [3.63, 3.8) is 0 Å². The van der Waals surface area contributed by atoms with Crippen molar-refractivity contribution in [2.24, 2.45) is 0 Å². The van der Waals surface area contributed by atoms with E-state index in [-0.39, 0.29) is 10.1 Å². The molecule has 0 N–H and O–H groups in total. The van der Waals surface area contributed by atoms with E-state index in [1.165, 1.54) is 41.8 Å². The number of nitrogens with zero attached hydrogens (tertiary/aromatic N) is 2. The van der Waals surface area contributed by atoms with Gasteiger partial charge in [0.25, 0.3) is 5.22 Å². The van der Waals surface area contributed by atoms with E-state index in [2.05, 4.69) is 24.0 Å². The van der Waals surface area contributed by atoms with Gasteiger partial charge in [-0.1, -0.05) is 42.1 Å². The third-order valence-corrected chi connectivity index (χ3v) is 6.48. The van der Waals surface area contributed by atoms with Gasteiger partial charge in [0, 0.05) is 19.3 Å².